The van der Waals surface area contributed by atoms with E-state index in [-0.39, 0.29) is 12.5 Å². The van der Waals surface area contributed by atoms with E-state index in [2.05, 4.69) is 27.2 Å². The number of nitrogens with one attached hydrogen (secondary N) is 1. The topological polar surface area (TPSA) is 64.8 Å². The molecule has 0 bridgehead atoms. The molecule has 1 amide bonds. The summed E-state index contributed by atoms with van der Waals surface area (Å²) in [5, 5.41) is 4.15. The minimum absolute atomic E-state index is 0.0959. The minimum atomic E-state index is -0.308. The van der Waals surface area contributed by atoms with E-state index in [1.807, 2.05) is 110 Å². The van der Waals surface area contributed by atoms with E-state index in [0.717, 1.165) is 34.0 Å². The van der Waals surface area contributed by atoms with Crippen LogP contribution in [-0.2, 0) is 11.4 Å². The summed E-state index contributed by atoms with van der Waals surface area (Å²) in [6.45, 7) is 4.52. The van der Waals surface area contributed by atoms with Crippen molar-refractivity contribution >= 4 is 35.6 Å². The Bertz CT molecular complexity index is 1410. The van der Waals surface area contributed by atoms with Crippen LogP contribution in [0.2, 0.25) is 0 Å². The number of thioether (sulfide) groups is 2. The molecule has 4 aromatic rings. The molecule has 1 N–H and O–H groups in total. The van der Waals surface area contributed by atoms with Crippen molar-refractivity contribution in [2.75, 3.05) is 18.1 Å². The van der Waals surface area contributed by atoms with Gasteiger partial charge >= 0.3 is 0 Å². The van der Waals surface area contributed by atoms with Crippen LogP contribution in [0, 0.1) is 13.8 Å². The second-order valence-electron chi connectivity index (χ2n) is 9.15. The van der Waals surface area contributed by atoms with Gasteiger partial charge in [0.15, 0.2) is 6.61 Å². The van der Waals surface area contributed by atoms with Crippen molar-refractivity contribution in [1.29, 1.82) is 0 Å². The molecule has 1 aliphatic rings. The van der Waals surface area contributed by atoms with Gasteiger partial charge in [0, 0.05) is 34.1 Å². The van der Waals surface area contributed by atoms with Crippen LogP contribution >= 0.6 is 23.5 Å². The molecule has 5 rings (SSSR count). The maximum absolute atomic E-state index is 12.3. The molecule has 1 saturated heterocycles. The van der Waals surface area contributed by atoms with Crippen LogP contribution in [0.15, 0.2) is 90.0 Å². The number of amides is 1. The predicted octanol–water partition coefficient (Wildman–Crippen LogP) is 6.68. The van der Waals surface area contributed by atoms with Crippen molar-refractivity contribution in [3.8, 4) is 17.2 Å². The molecule has 0 aliphatic carbocycles. The first-order valence-electron chi connectivity index (χ1n) is 12.8. The van der Waals surface area contributed by atoms with E-state index in [9.17, 15) is 4.79 Å². The van der Waals surface area contributed by atoms with Gasteiger partial charge in [0.25, 0.3) is 5.91 Å². The fraction of sp³-hybridized carbons (Fsp3) is 0.226. The lowest BCUT2D eigenvalue weighted by molar-refractivity contribution is -0.123. The molecule has 1 aliphatic heterocycles. The molecular weight excluding hydrogens is 526 g/mol. The standard InChI is InChI=1S/C31H31N3O3S2/c1-22-18-26(19-32-33-30(35)21-37-28-12-8-25(9-13-28)31-38-16-17-39-31)23(2)34(22)27-10-14-29(15-11-27)36-20-24-6-4-3-5-7-24/h3-15,18-19,31H,16-17,20-21H2,1-2H3,(H,33,35)/b32-19-. The van der Waals surface area contributed by atoms with Crippen molar-refractivity contribution in [2.24, 2.45) is 5.10 Å². The van der Waals surface area contributed by atoms with E-state index in [1.165, 1.54) is 17.1 Å². The van der Waals surface area contributed by atoms with Gasteiger partial charge < -0.3 is 14.0 Å². The number of hydrogen-bond donors (Lipinski definition) is 1. The normalized spacial score (nSPS) is 13.6. The zero-order chi connectivity index (χ0) is 27.0. The highest BCUT2D eigenvalue weighted by molar-refractivity contribution is 8.19. The van der Waals surface area contributed by atoms with Crippen molar-refractivity contribution in [3.63, 3.8) is 0 Å². The highest BCUT2D eigenvalue weighted by atomic mass is 32.2. The molecule has 0 unspecified atom stereocenters. The number of hydrazone groups is 1. The molecule has 0 saturated carbocycles. The first-order valence-corrected chi connectivity index (χ1v) is 14.9. The van der Waals surface area contributed by atoms with Gasteiger partial charge in [0.05, 0.1) is 10.8 Å². The smallest absolute Gasteiger partial charge is 0.277 e. The van der Waals surface area contributed by atoms with Crippen molar-refractivity contribution < 1.29 is 14.3 Å². The van der Waals surface area contributed by atoms with E-state index in [1.54, 1.807) is 6.21 Å². The Hall–Kier alpha value is -3.62. The number of carbonyl (C=O) groups excluding carboxylic acids is 1. The molecule has 1 aromatic heterocycles. The third-order valence-corrected chi connectivity index (χ3v) is 9.45. The number of rotatable bonds is 10. The monoisotopic (exact) mass is 557 g/mol. The third-order valence-electron chi connectivity index (χ3n) is 6.35. The quantitative estimate of drug-likeness (QED) is 0.174. The summed E-state index contributed by atoms with van der Waals surface area (Å²) in [6, 6.07) is 28.2. The van der Waals surface area contributed by atoms with Crippen LogP contribution in [-0.4, -0.2) is 34.8 Å². The number of nitrogens with zero attached hydrogens (tertiary/aromatic N) is 2. The highest BCUT2D eigenvalue weighted by Crippen LogP contribution is 2.45. The average Bonchev–Trinajstić information content (AvgIpc) is 3.60. The number of ether oxygens (including phenoxy) is 2. The summed E-state index contributed by atoms with van der Waals surface area (Å²) < 4.78 is 14.2. The van der Waals surface area contributed by atoms with Crippen LogP contribution in [0.4, 0.5) is 0 Å². The molecule has 200 valence electrons. The average molecular weight is 558 g/mol. The zero-order valence-corrected chi connectivity index (χ0v) is 23.6. The van der Waals surface area contributed by atoms with Gasteiger partial charge in [0.2, 0.25) is 0 Å². The fourth-order valence-electron chi connectivity index (χ4n) is 4.37. The number of benzene rings is 3. The minimum Gasteiger partial charge on any atom is -0.489 e. The Kier molecular flexibility index (Phi) is 8.96. The SMILES string of the molecule is Cc1cc(/C=N\NC(=O)COc2ccc(C3SCCS3)cc2)c(C)n1-c1ccc(OCc2ccccc2)cc1. The first-order chi connectivity index (χ1) is 19.1. The van der Waals surface area contributed by atoms with Crippen molar-refractivity contribution in [2.45, 2.75) is 25.0 Å². The van der Waals surface area contributed by atoms with E-state index in [0.29, 0.717) is 16.9 Å². The number of hydrogen-bond acceptors (Lipinski definition) is 6. The lowest BCUT2D eigenvalue weighted by Gasteiger charge is -2.11. The van der Waals surface area contributed by atoms with Gasteiger partial charge in [-0.25, -0.2) is 5.43 Å². The van der Waals surface area contributed by atoms with E-state index < -0.39 is 0 Å². The molecule has 0 radical (unpaired) electrons. The lowest BCUT2D eigenvalue weighted by atomic mass is 10.2. The Morgan fingerprint density at radius 1 is 0.949 bits per heavy atom. The zero-order valence-electron chi connectivity index (χ0n) is 22.0. The largest absolute Gasteiger partial charge is 0.489 e. The Morgan fingerprint density at radius 3 is 2.33 bits per heavy atom. The van der Waals surface area contributed by atoms with Crippen LogP contribution in [0.5, 0.6) is 11.5 Å². The molecule has 39 heavy (non-hydrogen) atoms. The first kappa shape index (κ1) is 27.0. The van der Waals surface area contributed by atoms with Crippen molar-refractivity contribution in [3.05, 3.63) is 113 Å². The lowest BCUT2D eigenvalue weighted by Crippen LogP contribution is -2.24. The number of carbonyl (C=O) groups is 1. The summed E-state index contributed by atoms with van der Waals surface area (Å²) in [4.78, 5) is 12.3. The summed E-state index contributed by atoms with van der Waals surface area (Å²) in [7, 11) is 0. The van der Waals surface area contributed by atoms with Gasteiger partial charge in [-0.15, -0.1) is 23.5 Å². The van der Waals surface area contributed by atoms with E-state index in [4.69, 9.17) is 9.47 Å². The predicted molar refractivity (Wildman–Crippen MR) is 161 cm³/mol. The summed E-state index contributed by atoms with van der Waals surface area (Å²) >= 11 is 3.93. The second kappa shape index (κ2) is 13.0. The Morgan fingerprint density at radius 2 is 1.62 bits per heavy atom. The fourth-order valence-corrected chi connectivity index (χ4v) is 7.23. The van der Waals surface area contributed by atoms with Crippen LogP contribution < -0.4 is 14.9 Å². The maximum atomic E-state index is 12.3. The second-order valence-corrected chi connectivity index (χ2v) is 11.9. The Balaban J connectivity index is 1.13. The van der Waals surface area contributed by atoms with Crippen LogP contribution in [0.1, 0.15) is 32.7 Å². The van der Waals surface area contributed by atoms with Gasteiger partial charge in [-0.05, 0) is 67.4 Å². The highest BCUT2D eigenvalue weighted by Gasteiger charge is 2.18. The summed E-state index contributed by atoms with van der Waals surface area (Å²) in [5.41, 5.74) is 9.03. The molecule has 2 heterocycles. The molecule has 1 fully saturated rings. The number of aromatic nitrogens is 1. The molecule has 8 heteroatoms. The maximum Gasteiger partial charge on any atom is 0.277 e. The molecule has 0 atom stereocenters. The molecular formula is C31H31N3O3S2. The molecule has 0 spiro atoms. The van der Waals surface area contributed by atoms with Gasteiger partial charge in [-0.2, -0.15) is 5.10 Å². The van der Waals surface area contributed by atoms with E-state index >= 15 is 0 Å². The van der Waals surface area contributed by atoms with Crippen LogP contribution in [0.3, 0.4) is 0 Å². The van der Waals surface area contributed by atoms with Gasteiger partial charge in [-0.3, -0.25) is 4.79 Å². The van der Waals surface area contributed by atoms with Gasteiger partial charge in [0.1, 0.15) is 18.1 Å². The molecule has 3 aromatic carbocycles. The molecule has 6 nitrogen and oxygen atoms in total. The Labute approximate surface area is 237 Å². The number of aryl methyl sites for hydroxylation is 1. The van der Waals surface area contributed by atoms with Crippen LogP contribution in [0.25, 0.3) is 5.69 Å². The third kappa shape index (κ3) is 7.07. The van der Waals surface area contributed by atoms with Gasteiger partial charge in [-0.1, -0.05) is 42.5 Å². The summed E-state index contributed by atoms with van der Waals surface area (Å²) in [6.07, 6.45) is 1.67. The summed E-state index contributed by atoms with van der Waals surface area (Å²) in [5.74, 6) is 3.56. The van der Waals surface area contributed by atoms with Crippen molar-refractivity contribution in [1.82, 2.24) is 9.99 Å².